The molecule has 1 aromatic heterocycles. The van der Waals surface area contributed by atoms with Gasteiger partial charge in [0.1, 0.15) is 5.69 Å². The van der Waals surface area contributed by atoms with Crippen LogP contribution in [0.5, 0.6) is 0 Å². The minimum atomic E-state index is -4.74. The number of rotatable bonds is 4. The zero-order valence-corrected chi connectivity index (χ0v) is 14.0. The third-order valence-electron chi connectivity index (χ3n) is 3.89. The van der Waals surface area contributed by atoms with E-state index in [1.807, 2.05) is 0 Å². The second-order valence-corrected chi connectivity index (χ2v) is 5.69. The van der Waals surface area contributed by atoms with E-state index in [-0.39, 0.29) is 23.4 Å². The fraction of sp³-hybridized carbons (Fsp3) is 0.222. The van der Waals surface area contributed by atoms with E-state index in [1.54, 1.807) is 12.1 Å². The topological polar surface area (TPSA) is 76.6 Å². The molecule has 0 aliphatic carbocycles. The van der Waals surface area contributed by atoms with Crippen molar-refractivity contribution in [2.24, 2.45) is 0 Å². The van der Waals surface area contributed by atoms with Crippen molar-refractivity contribution in [3.05, 3.63) is 64.5 Å². The number of alkyl halides is 3. The maximum absolute atomic E-state index is 13.2. The molecule has 9 heteroatoms. The van der Waals surface area contributed by atoms with Gasteiger partial charge in [0.25, 0.3) is 11.8 Å². The van der Waals surface area contributed by atoms with Crippen molar-refractivity contribution in [1.29, 1.82) is 0 Å². The molecule has 0 saturated heterocycles. The van der Waals surface area contributed by atoms with Gasteiger partial charge in [-0.3, -0.25) is 14.5 Å². The van der Waals surface area contributed by atoms with E-state index < -0.39 is 41.8 Å². The van der Waals surface area contributed by atoms with Crippen molar-refractivity contribution in [2.75, 3.05) is 6.61 Å². The summed E-state index contributed by atoms with van der Waals surface area (Å²) >= 11 is 0. The van der Waals surface area contributed by atoms with Gasteiger partial charge in [-0.15, -0.1) is 0 Å². The molecule has 1 aliphatic rings. The Balaban J connectivity index is 1.97. The van der Waals surface area contributed by atoms with Gasteiger partial charge in [0.05, 0.1) is 35.5 Å². The molecule has 0 saturated carbocycles. The number of amides is 2. The van der Waals surface area contributed by atoms with Crippen LogP contribution in [0.1, 0.15) is 49.4 Å². The number of hydrogen-bond acceptors (Lipinski definition) is 5. The minimum Gasteiger partial charge on any atom is -0.461 e. The van der Waals surface area contributed by atoms with Gasteiger partial charge < -0.3 is 4.74 Å². The van der Waals surface area contributed by atoms with Gasteiger partial charge in [0.15, 0.2) is 0 Å². The van der Waals surface area contributed by atoms with Crippen molar-refractivity contribution in [1.82, 2.24) is 9.88 Å². The van der Waals surface area contributed by atoms with Gasteiger partial charge in [-0.2, -0.15) is 13.2 Å². The largest absolute Gasteiger partial charge is 0.461 e. The van der Waals surface area contributed by atoms with Crippen LogP contribution in [-0.2, 0) is 17.5 Å². The lowest BCUT2D eigenvalue weighted by Crippen LogP contribution is -2.30. The van der Waals surface area contributed by atoms with Crippen LogP contribution in [0.2, 0.25) is 0 Å². The number of fused-ring (bicyclic) bond motifs is 1. The molecule has 3 rings (SSSR count). The van der Waals surface area contributed by atoms with Gasteiger partial charge in [0, 0.05) is 0 Å². The number of pyridine rings is 1. The van der Waals surface area contributed by atoms with Crippen molar-refractivity contribution < 1.29 is 32.3 Å². The zero-order chi connectivity index (χ0) is 19.8. The van der Waals surface area contributed by atoms with Crippen molar-refractivity contribution in [3.63, 3.8) is 0 Å². The molecule has 0 atom stereocenters. The van der Waals surface area contributed by atoms with Gasteiger partial charge >= 0.3 is 12.1 Å². The number of ether oxygens (including phenoxy) is 1. The Labute approximate surface area is 151 Å². The predicted octanol–water partition coefficient (Wildman–Crippen LogP) is 3.07. The lowest BCUT2D eigenvalue weighted by molar-refractivity contribution is -0.137. The van der Waals surface area contributed by atoms with Crippen LogP contribution in [0.4, 0.5) is 13.2 Å². The number of imide groups is 1. The molecule has 140 valence electrons. The Morgan fingerprint density at radius 2 is 1.70 bits per heavy atom. The molecule has 2 heterocycles. The molecule has 0 bridgehead atoms. The second kappa shape index (κ2) is 6.82. The number of halogens is 3. The summed E-state index contributed by atoms with van der Waals surface area (Å²) in [6.07, 6.45) is -4.74. The maximum atomic E-state index is 13.2. The highest BCUT2D eigenvalue weighted by molar-refractivity contribution is 6.21. The number of benzene rings is 1. The summed E-state index contributed by atoms with van der Waals surface area (Å²) in [5, 5.41) is 0. The van der Waals surface area contributed by atoms with Gasteiger partial charge in [-0.05, 0) is 31.2 Å². The molecule has 1 aliphatic heterocycles. The summed E-state index contributed by atoms with van der Waals surface area (Å²) in [4.78, 5) is 41.2. The van der Waals surface area contributed by atoms with Crippen LogP contribution in [0, 0.1) is 0 Å². The van der Waals surface area contributed by atoms with E-state index in [0.717, 1.165) is 4.90 Å². The molecule has 1 aromatic carbocycles. The molecular weight excluding hydrogens is 365 g/mol. The Bertz CT molecular complexity index is 905. The summed E-state index contributed by atoms with van der Waals surface area (Å²) < 4.78 is 44.2. The fourth-order valence-corrected chi connectivity index (χ4v) is 2.69. The van der Waals surface area contributed by atoms with Gasteiger partial charge in [0.2, 0.25) is 0 Å². The predicted molar refractivity (Wildman–Crippen MR) is 85.8 cm³/mol. The summed E-state index contributed by atoms with van der Waals surface area (Å²) in [6, 6.07) is 7.35. The van der Waals surface area contributed by atoms with Crippen LogP contribution in [0.15, 0.2) is 36.4 Å². The van der Waals surface area contributed by atoms with E-state index >= 15 is 0 Å². The number of hydrogen-bond donors (Lipinski definition) is 0. The first-order valence-corrected chi connectivity index (χ1v) is 7.93. The molecule has 0 N–H and O–H groups in total. The highest BCUT2D eigenvalue weighted by atomic mass is 19.4. The standard InChI is InChI=1S/C18H13F3N2O4/c1-2-27-17(26)14-8-10(18(19,20)21)7-11(22-14)9-23-15(24)12-5-3-4-6-13(12)16(23)25/h3-8H,2,9H2,1H3. The van der Waals surface area contributed by atoms with Crippen molar-refractivity contribution >= 4 is 17.8 Å². The van der Waals surface area contributed by atoms with E-state index in [0.29, 0.717) is 12.1 Å². The lowest BCUT2D eigenvalue weighted by Gasteiger charge is -2.16. The fourth-order valence-electron chi connectivity index (χ4n) is 2.69. The van der Waals surface area contributed by atoms with E-state index in [1.165, 1.54) is 19.1 Å². The SMILES string of the molecule is CCOC(=O)c1cc(C(F)(F)F)cc(CN2C(=O)c3ccccc3C2=O)n1. The number of esters is 1. The summed E-state index contributed by atoms with van der Waals surface area (Å²) in [7, 11) is 0. The van der Waals surface area contributed by atoms with Gasteiger partial charge in [-0.25, -0.2) is 9.78 Å². The molecule has 6 nitrogen and oxygen atoms in total. The Morgan fingerprint density at radius 3 is 2.22 bits per heavy atom. The van der Waals surface area contributed by atoms with Crippen LogP contribution >= 0.6 is 0 Å². The highest BCUT2D eigenvalue weighted by Crippen LogP contribution is 2.31. The Morgan fingerprint density at radius 1 is 1.11 bits per heavy atom. The average Bonchev–Trinajstić information content (AvgIpc) is 2.86. The smallest absolute Gasteiger partial charge is 0.416 e. The number of carbonyl (C=O) groups excluding carboxylic acids is 3. The zero-order valence-electron chi connectivity index (χ0n) is 14.0. The quantitative estimate of drug-likeness (QED) is 0.604. The monoisotopic (exact) mass is 378 g/mol. The van der Waals surface area contributed by atoms with Crippen LogP contribution < -0.4 is 0 Å². The summed E-state index contributed by atoms with van der Waals surface area (Å²) in [5.74, 6) is -2.28. The van der Waals surface area contributed by atoms with Crippen molar-refractivity contribution in [2.45, 2.75) is 19.6 Å². The first kappa shape index (κ1) is 18.6. The highest BCUT2D eigenvalue weighted by Gasteiger charge is 2.37. The lowest BCUT2D eigenvalue weighted by atomic mass is 10.1. The third kappa shape index (κ3) is 3.53. The third-order valence-corrected chi connectivity index (χ3v) is 3.89. The minimum absolute atomic E-state index is 0.0372. The molecule has 0 spiro atoms. The summed E-state index contributed by atoms with van der Waals surface area (Å²) in [5.41, 5.74) is -1.58. The molecule has 0 fully saturated rings. The molecule has 0 radical (unpaired) electrons. The maximum Gasteiger partial charge on any atom is 0.416 e. The Hall–Kier alpha value is -3.23. The van der Waals surface area contributed by atoms with Crippen LogP contribution in [0.3, 0.4) is 0 Å². The van der Waals surface area contributed by atoms with Crippen molar-refractivity contribution in [3.8, 4) is 0 Å². The van der Waals surface area contributed by atoms with Gasteiger partial charge in [-0.1, -0.05) is 12.1 Å². The van der Waals surface area contributed by atoms with E-state index in [9.17, 15) is 27.6 Å². The first-order chi connectivity index (χ1) is 12.7. The van der Waals surface area contributed by atoms with E-state index in [4.69, 9.17) is 4.74 Å². The Kier molecular flexibility index (Phi) is 4.69. The van der Waals surface area contributed by atoms with Crippen LogP contribution in [0.25, 0.3) is 0 Å². The molecular formula is C18H13F3N2O4. The first-order valence-electron chi connectivity index (χ1n) is 7.93. The number of carbonyl (C=O) groups is 3. The number of aromatic nitrogens is 1. The van der Waals surface area contributed by atoms with E-state index in [2.05, 4.69) is 4.98 Å². The summed E-state index contributed by atoms with van der Waals surface area (Å²) in [6.45, 7) is 0.971. The normalized spacial score (nSPS) is 13.7. The molecule has 27 heavy (non-hydrogen) atoms. The molecule has 2 aromatic rings. The van der Waals surface area contributed by atoms with Crippen LogP contribution in [-0.4, -0.2) is 34.3 Å². The second-order valence-electron chi connectivity index (χ2n) is 5.69. The average molecular weight is 378 g/mol. The molecule has 2 amide bonds. The molecule has 0 unspecified atom stereocenters. The number of nitrogens with zero attached hydrogens (tertiary/aromatic N) is 2.